The maximum absolute atomic E-state index is 12.5. The first-order valence-corrected chi connectivity index (χ1v) is 9.22. The summed E-state index contributed by atoms with van der Waals surface area (Å²) in [6, 6.07) is 13.6. The van der Waals surface area contributed by atoms with Crippen molar-refractivity contribution in [1.82, 2.24) is 14.9 Å². The molecule has 6 heteroatoms. The Labute approximate surface area is 157 Å². The lowest BCUT2D eigenvalue weighted by molar-refractivity contribution is -0.117. The Hall–Kier alpha value is -2.37. The van der Waals surface area contributed by atoms with Gasteiger partial charge in [0.15, 0.2) is 0 Å². The number of halogens is 1. The van der Waals surface area contributed by atoms with Crippen LogP contribution in [0.1, 0.15) is 30.3 Å². The average Bonchev–Trinajstić information content (AvgIpc) is 3.22. The number of nitrogens with zero attached hydrogens (tertiary/aromatic N) is 2. The van der Waals surface area contributed by atoms with Crippen LogP contribution < -0.4 is 5.32 Å². The van der Waals surface area contributed by atoms with E-state index in [4.69, 9.17) is 16.6 Å². The number of likely N-dealkylation sites (tertiary alicyclic amines) is 1. The molecule has 2 aromatic carbocycles. The van der Waals surface area contributed by atoms with Crippen LogP contribution in [-0.4, -0.2) is 33.9 Å². The zero-order valence-corrected chi connectivity index (χ0v) is 15.4. The van der Waals surface area contributed by atoms with Crippen molar-refractivity contribution >= 4 is 34.2 Å². The summed E-state index contributed by atoms with van der Waals surface area (Å²) < 4.78 is 0. The van der Waals surface area contributed by atoms with Gasteiger partial charge in [-0.3, -0.25) is 9.69 Å². The van der Waals surface area contributed by atoms with E-state index in [1.165, 1.54) is 0 Å². The first-order valence-electron chi connectivity index (χ1n) is 8.85. The van der Waals surface area contributed by atoms with Gasteiger partial charge < -0.3 is 10.3 Å². The number of aromatic nitrogens is 2. The fraction of sp³-hybridized carbons (Fsp3) is 0.300. The Morgan fingerprint density at radius 3 is 3.04 bits per heavy atom. The smallest absolute Gasteiger partial charge is 0.238 e. The summed E-state index contributed by atoms with van der Waals surface area (Å²) >= 11 is 6.06. The number of para-hydroxylation sites is 1. The van der Waals surface area contributed by atoms with Gasteiger partial charge in [-0.15, -0.1) is 0 Å². The summed E-state index contributed by atoms with van der Waals surface area (Å²) in [5.74, 6) is 0.911. The van der Waals surface area contributed by atoms with Crippen LogP contribution in [0.15, 0.2) is 42.5 Å². The molecule has 1 amide bonds. The summed E-state index contributed by atoms with van der Waals surface area (Å²) in [5.41, 5.74) is 3.77. The number of amides is 1. The van der Waals surface area contributed by atoms with Gasteiger partial charge in [-0.1, -0.05) is 29.8 Å². The molecule has 0 spiro atoms. The van der Waals surface area contributed by atoms with Crippen LogP contribution in [0.3, 0.4) is 0 Å². The Morgan fingerprint density at radius 2 is 2.19 bits per heavy atom. The molecule has 0 bridgehead atoms. The standard InChI is InChI=1S/C20H21ClN4O/c1-13-5-2-3-6-15(13)22-19(26)12-25-10-4-7-18(25)20-23-16-9-8-14(21)11-17(16)24-20/h2-3,5-6,8-9,11,18H,4,7,10,12H2,1H3,(H,22,26)(H,23,24). The molecule has 1 fully saturated rings. The largest absolute Gasteiger partial charge is 0.341 e. The lowest BCUT2D eigenvalue weighted by Gasteiger charge is -2.22. The Morgan fingerprint density at radius 1 is 1.35 bits per heavy atom. The van der Waals surface area contributed by atoms with E-state index >= 15 is 0 Å². The van der Waals surface area contributed by atoms with Crippen LogP contribution in [-0.2, 0) is 4.79 Å². The van der Waals surface area contributed by atoms with Crippen molar-refractivity contribution in [3.8, 4) is 0 Å². The summed E-state index contributed by atoms with van der Waals surface area (Å²) in [6.07, 6.45) is 2.05. The number of aryl methyl sites for hydroxylation is 1. The van der Waals surface area contributed by atoms with Crippen LogP contribution in [0.4, 0.5) is 5.69 Å². The fourth-order valence-corrected chi connectivity index (χ4v) is 3.74. The molecule has 134 valence electrons. The van der Waals surface area contributed by atoms with Crippen LogP contribution in [0.2, 0.25) is 5.02 Å². The van der Waals surface area contributed by atoms with Crippen molar-refractivity contribution in [3.05, 3.63) is 58.9 Å². The van der Waals surface area contributed by atoms with E-state index in [2.05, 4.69) is 15.2 Å². The number of benzene rings is 2. The number of hydrogen-bond acceptors (Lipinski definition) is 3. The van der Waals surface area contributed by atoms with Crippen molar-refractivity contribution in [3.63, 3.8) is 0 Å². The molecule has 26 heavy (non-hydrogen) atoms. The van der Waals surface area contributed by atoms with Crippen molar-refractivity contribution in [2.24, 2.45) is 0 Å². The Kier molecular flexibility index (Phi) is 4.66. The van der Waals surface area contributed by atoms with Gasteiger partial charge in [-0.25, -0.2) is 4.98 Å². The molecular formula is C20H21ClN4O. The molecule has 0 saturated carbocycles. The fourth-order valence-electron chi connectivity index (χ4n) is 3.57. The first-order chi connectivity index (χ1) is 12.6. The molecule has 4 rings (SSSR count). The van der Waals surface area contributed by atoms with Gasteiger partial charge >= 0.3 is 0 Å². The first kappa shape index (κ1) is 17.1. The van der Waals surface area contributed by atoms with Crippen LogP contribution in [0, 0.1) is 6.92 Å². The van der Waals surface area contributed by atoms with Crippen LogP contribution in [0.25, 0.3) is 11.0 Å². The third-order valence-electron chi connectivity index (χ3n) is 4.91. The van der Waals surface area contributed by atoms with Crippen molar-refractivity contribution in [2.75, 3.05) is 18.4 Å². The number of fused-ring (bicyclic) bond motifs is 1. The third-order valence-corrected chi connectivity index (χ3v) is 5.14. The minimum Gasteiger partial charge on any atom is -0.341 e. The summed E-state index contributed by atoms with van der Waals surface area (Å²) in [5, 5.41) is 3.70. The zero-order valence-electron chi connectivity index (χ0n) is 14.6. The maximum Gasteiger partial charge on any atom is 0.238 e. The second kappa shape index (κ2) is 7.09. The molecule has 2 heterocycles. The molecule has 1 aromatic heterocycles. The topological polar surface area (TPSA) is 61.0 Å². The molecule has 1 atom stereocenters. The van der Waals surface area contributed by atoms with E-state index in [0.29, 0.717) is 11.6 Å². The highest BCUT2D eigenvalue weighted by Crippen LogP contribution is 2.31. The monoisotopic (exact) mass is 368 g/mol. The SMILES string of the molecule is Cc1ccccc1NC(=O)CN1CCCC1c1nc2ccc(Cl)cc2[nH]1. The quantitative estimate of drug-likeness (QED) is 0.721. The predicted octanol–water partition coefficient (Wildman–Crippen LogP) is 4.30. The van der Waals surface area contributed by atoms with E-state index in [1.807, 2.05) is 49.4 Å². The number of anilines is 1. The predicted molar refractivity (Wildman–Crippen MR) is 104 cm³/mol. The summed E-state index contributed by atoms with van der Waals surface area (Å²) in [4.78, 5) is 22.8. The molecule has 1 unspecified atom stereocenters. The maximum atomic E-state index is 12.5. The van der Waals surface area contributed by atoms with Crippen LogP contribution in [0.5, 0.6) is 0 Å². The summed E-state index contributed by atoms with van der Waals surface area (Å²) in [6.45, 7) is 3.24. The molecule has 5 nitrogen and oxygen atoms in total. The highest BCUT2D eigenvalue weighted by molar-refractivity contribution is 6.31. The number of carbonyl (C=O) groups is 1. The second-order valence-corrected chi connectivity index (χ2v) is 7.21. The number of rotatable bonds is 4. The second-order valence-electron chi connectivity index (χ2n) is 6.78. The van der Waals surface area contributed by atoms with E-state index < -0.39 is 0 Å². The van der Waals surface area contributed by atoms with Crippen molar-refractivity contribution in [1.29, 1.82) is 0 Å². The minimum absolute atomic E-state index is 0.00496. The molecule has 1 aliphatic rings. The van der Waals surface area contributed by atoms with Gasteiger partial charge in [0.2, 0.25) is 5.91 Å². The minimum atomic E-state index is 0.00496. The normalized spacial score (nSPS) is 17.7. The zero-order chi connectivity index (χ0) is 18.1. The summed E-state index contributed by atoms with van der Waals surface area (Å²) in [7, 11) is 0. The number of H-pyrrole nitrogens is 1. The van der Waals surface area contributed by atoms with E-state index in [1.54, 1.807) is 0 Å². The molecule has 0 aliphatic carbocycles. The highest BCUT2D eigenvalue weighted by Gasteiger charge is 2.30. The Bertz CT molecular complexity index is 952. The van der Waals surface area contributed by atoms with Gasteiger partial charge in [0.1, 0.15) is 5.82 Å². The number of aromatic amines is 1. The van der Waals surface area contributed by atoms with Crippen molar-refractivity contribution < 1.29 is 4.79 Å². The number of imidazole rings is 1. The lowest BCUT2D eigenvalue weighted by atomic mass is 10.2. The molecule has 0 radical (unpaired) electrons. The third kappa shape index (κ3) is 3.45. The molecule has 3 aromatic rings. The van der Waals surface area contributed by atoms with E-state index in [0.717, 1.165) is 47.5 Å². The van der Waals surface area contributed by atoms with Gasteiger partial charge in [0, 0.05) is 10.7 Å². The molecule has 2 N–H and O–H groups in total. The van der Waals surface area contributed by atoms with Gasteiger partial charge in [-0.05, 0) is 56.1 Å². The van der Waals surface area contributed by atoms with Crippen LogP contribution >= 0.6 is 11.6 Å². The highest BCUT2D eigenvalue weighted by atomic mass is 35.5. The Balaban J connectivity index is 1.49. The molecule has 1 saturated heterocycles. The van der Waals surface area contributed by atoms with Gasteiger partial charge in [-0.2, -0.15) is 0 Å². The van der Waals surface area contributed by atoms with Gasteiger partial charge in [0.05, 0.1) is 23.6 Å². The van der Waals surface area contributed by atoms with Gasteiger partial charge in [0.25, 0.3) is 0 Å². The molecular weight excluding hydrogens is 348 g/mol. The van der Waals surface area contributed by atoms with Crippen molar-refractivity contribution in [2.45, 2.75) is 25.8 Å². The number of hydrogen-bond donors (Lipinski definition) is 2. The number of nitrogens with one attached hydrogen (secondary N) is 2. The molecule has 1 aliphatic heterocycles. The van der Waals surface area contributed by atoms with E-state index in [-0.39, 0.29) is 11.9 Å². The number of carbonyl (C=O) groups excluding carboxylic acids is 1. The average molecular weight is 369 g/mol. The lowest BCUT2D eigenvalue weighted by Crippen LogP contribution is -2.33. The van der Waals surface area contributed by atoms with E-state index in [9.17, 15) is 4.79 Å².